The summed E-state index contributed by atoms with van der Waals surface area (Å²) in [6.45, 7) is 3.55. The van der Waals surface area contributed by atoms with Crippen molar-refractivity contribution in [2.75, 3.05) is 13.1 Å². The Morgan fingerprint density at radius 1 is 1.40 bits per heavy atom. The molecule has 0 aromatic carbocycles. The summed E-state index contributed by atoms with van der Waals surface area (Å²) in [6, 6.07) is 3.53. The molecule has 1 atom stereocenters. The molecule has 3 heterocycles. The van der Waals surface area contributed by atoms with E-state index in [1.807, 2.05) is 18.0 Å². The number of aromatic amines is 1. The second-order valence-electron chi connectivity index (χ2n) is 5.28. The van der Waals surface area contributed by atoms with Gasteiger partial charge in [-0.25, -0.2) is 4.98 Å². The minimum absolute atomic E-state index is 0.0837. The summed E-state index contributed by atoms with van der Waals surface area (Å²) >= 11 is 0. The first kappa shape index (κ1) is 12.8. The van der Waals surface area contributed by atoms with Crippen molar-refractivity contribution in [2.45, 2.75) is 25.7 Å². The first-order chi connectivity index (χ1) is 9.74. The third-order valence-corrected chi connectivity index (χ3v) is 3.75. The van der Waals surface area contributed by atoms with E-state index in [4.69, 9.17) is 0 Å². The number of rotatable bonds is 2. The Kier molecular flexibility index (Phi) is 3.50. The predicted octanol–water partition coefficient (Wildman–Crippen LogP) is 2.13. The van der Waals surface area contributed by atoms with Gasteiger partial charge in [0.05, 0.1) is 0 Å². The van der Waals surface area contributed by atoms with Gasteiger partial charge in [-0.05, 0) is 31.9 Å². The maximum atomic E-state index is 12.4. The van der Waals surface area contributed by atoms with Crippen LogP contribution in [-0.2, 0) is 0 Å². The third-order valence-electron chi connectivity index (χ3n) is 3.75. The van der Waals surface area contributed by atoms with Crippen molar-refractivity contribution in [1.29, 1.82) is 0 Å². The first-order valence-electron chi connectivity index (χ1n) is 6.95. The zero-order chi connectivity index (χ0) is 13.9. The van der Waals surface area contributed by atoms with Crippen molar-refractivity contribution in [2.24, 2.45) is 0 Å². The highest BCUT2D eigenvalue weighted by atomic mass is 16.2. The number of likely N-dealkylation sites (tertiary alicyclic amines) is 1. The number of amides is 1. The van der Waals surface area contributed by atoms with Crippen LogP contribution in [0.3, 0.4) is 0 Å². The number of H-pyrrole nitrogens is 1. The van der Waals surface area contributed by atoms with E-state index in [-0.39, 0.29) is 5.91 Å². The highest BCUT2D eigenvalue weighted by Gasteiger charge is 2.26. The fourth-order valence-electron chi connectivity index (χ4n) is 2.70. The topological polar surface area (TPSA) is 61.9 Å². The number of pyridine rings is 1. The Bertz CT molecular complexity index is 593. The van der Waals surface area contributed by atoms with E-state index in [0.717, 1.165) is 37.4 Å². The van der Waals surface area contributed by atoms with Gasteiger partial charge in [0.15, 0.2) is 0 Å². The zero-order valence-electron chi connectivity index (χ0n) is 11.5. The number of hydrogen-bond acceptors (Lipinski definition) is 3. The van der Waals surface area contributed by atoms with Gasteiger partial charge in [0.2, 0.25) is 0 Å². The van der Waals surface area contributed by atoms with Gasteiger partial charge in [-0.3, -0.25) is 9.78 Å². The number of carbonyl (C=O) groups is 1. The van der Waals surface area contributed by atoms with E-state index in [1.165, 1.54) is 0 Å². The number of imidazole rings is 1. The van der Waals surface area contributed by atoms with Crippen molar-refractivity contribution in [3.05, 3.63) is 47.8 Å². The van der Waals surface area contributed by atoms with E-state index >= 15 is 0 Å². The fraction of sp³-hybridized carbons (Fsp3) is 0.400. The monoisotopic (exact) mass is 270 g/mol. The lowest BCUT2D eigenvalue weighted by atomic mass is 9.97. The molecule has 2 aromatic rings. The van der Waals surface area contributed by atoms with Gasteiger partial charge in [0.25, 0.3) is 5.91 Å². The molecular formula is C15H18N4O. The lowest BCUT2D eigenvalue weighted by Crippen LogP contribution is -2.39. The van der Waals surface area contributed by atoms with Crippen molar-refractivity contribution in [1.82, 2.24) is 19.9 Å². The smallest absolute Gasteiger partial charge is 0.253 e. The molecular weight excluding hydrogens is 252 g/mol. The number of aromatic nitrogens is 3. The molecule has 1 aliphatic rings. The molecule has 20 heavy (non-hydrogen) atoms. The second-order valence-corrected chi connectivity index (χ2v) is 5.28. The summed E-state index contributed by atoms with van der Waals surface area (Å²) in [6.07, 6.45) is 7.25. The molecule has 5 heteroatoms. The van der Waals surface area contributed by atoms with Crippen LogP contribution in [0.1, 0.15) is 40.6 Å². The molecule has 2 aromatic heterocycles. The molecule has 5 nitrogen and oxygen atoms in total. The maximum absolute atomic E-state index is 12.4. The SMILES string of the molecule is Cc1cnc([C@H]2CCCN(C(=O)c3ccncc3)C2)[nH]1. The second kappa shape index (κ2) is 5.45. The van der Waals surface area contributed by atoms with Crippen LogP contribution in [0.15, 0.2) is 30.7 Å². The molecule has 1 N–H and O–H groups in total. The summed E-state index contributed by atoms with van der Waals surface area (Å²) in [5.41, 5.74) is 1.77. The zero-order valence-corrected chi connectivity index (χ0v) is 11.5. The van der Waals surface area contributed by atoms with Crippen LogP contribution in [0.5, 0.6) is 0 Å². The summed E-state index contributed by atoms with van der Waals surface area (Å²) in [7, 11) is 0. The molecule has 0 aliphatic carbocycles. The molecule has 0 bridgehead atoms. The minimum atomic E-state index is 0.0837. The Balaban J connectivity index is 1.74. The molecule has 1 amide bonds. The van der Waals surface area contributed by atoms with Crippen LogP contribution >= 0.6 is 0 Å². The number of aryl methyl sites for hydroxylation is 1. The largest absolute Gasteiger partial charge is 0.346 e. The number of carbonyl (C=O) groups excluding carboxylic acids is 1. The maximum Gasteiger partial charge on any atom is 0.253 e. The molecule has 0 unspecified atom stereocenters. The van der Waals surface area contributed by atoms with Gasteiger partial charge in [-0.2, -0.15) is 0 Å². The highest BCUT2D eigenvalue weighted by Crippen LogP contribution is 2.25. The van der Waals surface area contributed by atoms with E-state index in [0.29, 0.717) is 11.5 Å². The molecule has 0 spiro atoms. The van der Waals surface area contributed by atoms with Crippen LogP contribution < -0.4 is 0 Å². The molecule has 1 saturated heterocycles. The standard InChI is InChI=1S/C15H18N4O/c1-11-9-17-14(18-11)13-3-2-8-19(10-13)15(20)12-4-6-16-7-5-12/h4-7,9,13H,2-3,8,10H2,1H3,(H,17,18)/t13-/m0/s1. The average molecular weight is 270 g/mol. The van der Waals surface area contributed by atoms with Crippen LogP contribution in [0.4, 0.5) is 0 Å². The van der Waals surface area contributed by atoms with Crippen molar-refractivity contribution >= 4 is 5.91 Å². The van der Waals surface area contributed by atoms with Crippen LogP contribution in [-0.4, -0.2) is 38.8 Å². The van der Waals surface area contributed by atoms with E-state index in [1.54, 1.807) is 24.5 Å². The van der Waals surface area contributed by atoms with Gasteiger partial charge in [0.1, 0.15) is 5.82 Å². The normalized spacial score (nSPS) is 19.1. The summed E-state index contributed by atoms with van der Waals surface area (Å²) in [4.78, 5) is 26.0. The third kappa shape index (κ3) is 2.57. The average Bonchev–Trinajstić information content (AvgIpc) is 2.94. The highest BCUT2D eigenvalue weighted by molar-refractivity contribution is 5.94. The number of hydrogen-bond donors (Lipinski definition) is 1. The van der Waals surface area contributed by atoms with Crippen LogP contribution in [0.25, 0.3) is 0 Å². The molecule has 0 saturated carbocycles. The lowest BCUT2D eigenvalue weighted by molar-refractivity contribution is 0.0704. The van der Waals surface area contributed by atoms with Gasteiger partial charge in [0, 0.05) is 48.9 Å². The van der Waals surface area contributed by atoms with E-state index < -0.39 is 0 Å². The molecule has 3 rings (SSSR count). The van der Waals surface area contributed by atoms with Crippen molar-refractivity contribution in [3.63, 3.8) is 0 Å². The minimum Gasteiger partial charge on any atom is -0.346 e. The Labute approximate surface area is 118 Å². The van der Waals surface area contributed by atoms with E-state index in [2.05, 4.69) is 15.0 Å². The first-order valence-corrected chi connectivity index (χ1v) is 6.95. The van der Waals surface area contributed by atoms with Gasteiger partial charge < -0.3 is 9.88 Å². The van der Waals surface area contributed by atoms with Crippen LogP contribution in [0.2, 0.25) is 0 Å². The molecule has 1 aliphatic heterocycles. The predicted molar refractivity (Wildman–Crippen MR) is 75.4 cm³/mol. The van der Waals surface area contributed by atoms with E-state index in [9.17, 15) is 4.79 Å². The Morgan fingerprint density at radius 2 is 2.20 bits per heavy atom. The summed E-state index contributed by atoms with van der Waals surface area (Å²) < 4.78 is 0. The summed E-state index contributed by atoms with van der Waals surface area (Å²) in [5, 5.41) is 0. The van der Waals surface area contributed by atoms with Crippen molar-refractivity contribution < 1.29 is 4.79 Å². The van der Waals surface area contributed by atoms with Crippen LogP contribution in [0, 0.1) is 6.92 Å². The quantitative estimate of drug-likeness (QED) is 0.909. The molecule has 1 fully saturated rings. The fourth-order valence-corrected chi connectivity index (χ4v) is 2.70. The molecule has 104 valence electrons. The number of nitrogens with one attached hydrogen (secondary N) is 1. The Hall–Kier alpha value is -2.17. The number of nitrogens with zero attached hydrogens (tertiary/aromatic N) is 3. The summed E-state index contributed by atoms with van der Waals surface area (Å²) in [5.74, 6) is 1.39. The van der Waals surface area contributed by atoms with Gasteiger partial charge >= 0.3 is 0 Å². The van der Waals surface area contributed by atoms with Crippen molar-refractivity contribution in [3.8, 4) is 0 Å². The van der Waals surface area contributed by atoms with Gasteiger partial charge in [-0.15, -0.1) is 0 Å². The molecule has 0 radical (unpaired) electrons. The van der Waals surface area contributed by atoms with Gasteiger partial charge in [-0.1, -0.05) is 0 Å². The Morgan fingerprint density at radius 3 is 2.90 bits per heavy atom. The number of piperidine rings is 1. The lowest BCUT2D eigenvalue weighted by Gasteiger charge is -2.32.